The SMILES string of the molecule is CC(=O)NC1(c2ccccn2)C[C@H]2CC[C@@H](C1)N2C(c1ccccc1Cl)c1ccccc1Cl. The van der Waals surface area contributed by atoms with Gasteiger partial charge in [0.25, 0.3) is 0 Å². The zero-order valence-corrected chi connectivity index (χ0v) is 20.1. The first-order chi connectivity index (χ1) is 16.0. The van der Waals surface area contributed by atoms with Gasteiger partial charge in [-0.15, -0.1) is 0 Å². The molecular weight excluding hydrogens is 453 g/mol. The number of rotatable bonds is 5. The van der Waals surface area contributed by atoms with Crippen LogP contribution in [0.25, 0.3) is 0 Å². The molecule has 2 fully saturated rings. The van der Waals surface area contributed by atoms with Gasteiger partial charge in [-0.25, -0.2) is 0 Å². The van der Waals surface area contributed by atoms with Crippen LogP contribution < -0.4 is 5.32 Å². The maximum Gasteiger partial charge on any atom is 0.217 e. The maximum atomic E-state index is 12.3. The summed E-state index contributed by atoms with van der Waals surface area (Å²) in [6.45, 7) is 1.59. The molecule has 3 aromatic rings. The van der Waals surface area contributed by atoms with Crippen LogP contribution in [-0.4, -0.2) is 27.9 Å². The lowest BCUT2D eigenvalue weighted by molar-refractivity contribution is -0.122. The van der Waals surface area contributed by atoms with E-state index in [4.69, 9.17) is 23.2 Å². The normalized spacial score (nSPS) is 24.7. The quantitative estimate of drug-likeness (QED) is 0.478. The predicted molar refractivity (Wildman–Crippen MR) is 132 cm³/mol. The van der Waals surface area contributed by atoms with E-state index in [-0.39, 0.29) is 24.0 Å². The van der Waals surface area contributed by atoms with Crippen molar-refractivity contribution in [2.75, 3.05) is 0 Å². The number of carbonyl (C=O) groups excluding carboxylic acids is 1. The standard InChI is InChI=1S/C27H27Cl2N3O/c1-18(33)31-27(25-12-6-7-15-30-25)16-19-13-14-20(17-27)32(19)26(21-8-2-4-10-23(21)28)22-9-3-5-11-24(22)29/h2-12,15,19-20,26H,13-14,16-17H2,1H3,(H,31,33)/t19-,20+,27?. The third kappa shape index (κ3) is 4.16. The Morgan fingerprint density at radius 3 is 1.97 bits per heavy atom. The van der Waals surface area contributed by atoms with Crippen molar-refractivity contribution in [1.82, 2.24) is 15.2 Å². The van der Waals surface area contributed by atoms with E-state index in [1.807, 2.05) is 60.8 Å². The van der Waals surface area contributed by atoms with Crippen LogP contribution in [0, 0.1) is 0 Å². The summed E-state index contributed by atoms with van der Waals surface area (Å²) in [5.74, 6) is -0.0257. The highest BCUT2D eigenvalue weighted by molar-refractivity contribution is 6.32. The molecule has 3 heterocycles. The summed E-state index contributed by atoms with van der Waals surface area (Å²) in [5.41, 5.74) is 2.59. The molecular formula is C27H27Cl2N3O. The molecule has 33 heavy (non-hydrogen) atoms. The van der Waals surface area contributed by atoms with Crippen molar-refractivity contribution >= 4 is 29.1 Å². The third-order valence-corrected chi connectivity index (χ3v) is 7.80. The van der Waals surface area contributed by atoms with Crippen LogP contribution in [0.4, 0.5) is 0 Å². The molecule has 0 radical (unpaired) electrons. The van der Waals surface area contributed by atoms with Crippen molar-refractivity contribution in [3.8, 4) is 0 Å². The van der Waals surface area contributed by atoms with Crippen LogP contribution >= 0.6 is 23.2 Å². The number of amides is 1. The fourth-order valence-electron chi connectivity index (χ4n) is 5.95. The molecule has 2 aromatic carbocycles. The van der Waals surface area contributed by atoms with E-state index >= 15 is 0 Å². The van der Waals surface area contributed by atoms with Crippen LogP contribution in [0.3, 0.4) is 0 Å². The van der Waals surface area contributed by atoms with Gasteiger partial charge in [0.05, 0.1) is 17.3 Å². The van der Waals surface area contributed by atoms with Gasteiger partial charge in [-0.2, -0.15) is 0 Å². The molecule has 0 spiro atoms. The molecule has 1 aromatic heterocycles. The summed E-state index contributed by atoms with van der Waals surface area (Å²) < 4.78 is 0. The van der Waals surface area contributed by atoms with Crippen LogP contribution in [0.1, 0.15) is 55.5 Å². The molecule has 4 nitrogen and oxygen atoms in total. The Bertz CT molecular complexity index is 1090. The number of halogens is 2. The summed E-state index contributed by atoms with van der Waals surface area (Å²) in [6.07, 6.45) is 5.52. The number of benzene rings is 2. The molecule has 2 bridgehead atoms. The lowest BCUT2D eigenvalue weighted by atomic mass is 9.78. The van der Waals surface area contributed by atoms with E-state index < -0.39 is 5.54 Å². The minimum Gasteiger partial charge on any atom is -0.345 e. The second-order valence-electron chi connectivity index (χ2n) is 9.16. The molecule has 6 heteroatoms. The lowest BCUT2D eigenvalue weighted by Crippen LogP contribution is -2.57. The minimum atomic E-state index is -0.471. The van der Waals surface area contributed by atoms with Gasteiger partial charge in [-0.05, 0) is 61.1 Å². The van der Waals surface area contributed by atoms with E-state index in [0.717, 1.165) is 52.5 Å². The van der Waals surface area contributed by atoms with Crippen LogP contribution in [0.5, 0.6) is 0 Å². The first kappa shape index (κ1) is 22.4. The van der Waals surface area contributed by atoms with Gasteiger partial charge >= 0.3 is 0 Å². The average Bonchev–Trinajstić information content (AvgIpc) is 3.07. The van der Waals surface area contributed by atoms with E-state index in [9.17, 15) is 4.79 Å². The number of pyridine rings is 1. The van der Waals surface area contributed by atoms with Gasteiger partial charge in [-0.1, -0.05) is 65.7 Å². The fraction of sp³-hybridized carbons (Fsp3) is 0.333. The predicted octanol–water partition coefficient (Wildman–Crippen LogP) is 6.14. The van der Waals surface area contributed by atoms with Crippen LogP contribution in [-0.2, 0) is 10.3 Å². The molecule has 170 valence electrons. The first-order valence-electron chi connectivity index (χ1n) is 11.4. The number of aromatic nitrogens is 1. The molecule has 1 amide bonds. The highest BCUT2D eigenvalue weighted by atomic mass is 35.5. The van der Waals surface area contributed by atoms with Crippen molar-refractivity contribution in [1.29, 1.82) is 0 Å². The van der Waals surface area contributed by atoms with Crippen molar-refractivity contribution in [2.24, 2.45) is 0 Å². The number of hydrogen-bond acceptors (Lipinski definition) is 3. The molecule has 0 saturated carbocycles. The topological polar surface area (TPSA) is 45.2 Å². The highest BCUT2D eigenvalue weighted by Crippen LogP contribution is 2.51. The summed E-state index contributed by atoms with van der Waals surface area (Å²) in [6, 6.07) is 22.5. The molecule has 2 aliphatic heterocycles. The Kier molecular flexibility index (Phi) is 6.17. The number of hydrogen-bond donors (Lipinski definition) is 1. The van der Waals surface area contributed by atoms with Crippen LogP contribution in [0.2, 0.25) is 10.0 Å². The molecule has 2 aliphatic rings. The average molecular weight is 480 g/mol. The highest BCUT2D eigenvalue weighted by Gasteiger charge is 2.52. The fourth-order valence-corrected chi connectivity index (χ4v) is 6.42. The van der Waals surface area contributed by atoms with E-state index in [0.29, 0.717) is 0 Å². The molecule has 1 unspecified atom stereocenters. The summed E-state index contributed by atoms with van der Waals surface area (Å²) in [7, 11) is 0. The summed E-state index contributed by atoms with van der Waals surface area (Å²) in [4.78, 5) is 19.5. The minimum absolute atomic E-state index is 0.0257. The van der Waals surface area contributed by atoms with Gasteiger partial charge in [0, 0.05) is 35.2 Å². The van der Waals surface area contributed by atoms with Crippen LogP contribution in [0.15, 0.2) is 72.9 Å². The Labute approximate surface area is 204 Å². The Morgan fingerprint density at radius 2 is 1.48 bits per heavy atom. The Balaban J connectivity index is 1.59. The Morgan fingerprint density at radius 1 is 0.939 bits per heavy atom. The second-order valence-corrected chi connectivity index (χ2v) is 9.98. The molecule has 3 atom stereocenters. The van der Waals surface area contributed by atoms with Gasteiger partial charge in [0.2, 0.25) is 5.91 Å². The largest absolute Gasteiger partial charge is 0.345 e. The molecule has 2 saturated heterocycles. The number of nitrogens with zero attached hydrogens (tertiary/aromatic N) is 2. The van der Waals surface area contributed by atoms with Gasteiger partial charge in [-0.3, -0.25) is 14.7 Å². The van der Waals surface area contributed by atoms with Crippen molar-refractivity contribution in [3.05, 3.63) is 99.8 Å². The smallest absolute Gasteiger partial charge is 0.217 e. The molecule has 0 aliphatic carbocycles. The zero-order chi connectivity index (χ0) is 23.0. The number of fused-ring (bicyclic) bond motifs is 2. The van der Waals surface area contributed by atoms with Gasteiger partial charge in [0.15, 0.2) is 0 Å². The third-order valence-electron chi connectivity index (χ3n) is 7.11. The van der Waals surface area contributed by atoms with Crippen molar-refractivity contribution in [3.63, 3.8) is 0 Å². The lowest BCUT2D eigenvalue weighted by Gasteiger charge is -2.49. The number of carbonyl (C=O) groups is 1. The summed E-state index contributed by atoms with van der Waals surface area (Å²) in [5, 5.41) is 4.78. The van der Waals surface area contributed by atoms with Gasteiger partial charge < -0.3 is 5.32 Å². The molecule has 1 N–H and O–H groups in total. The maximum absolute atomic E-state index is 12.3. The van der Waals surface area contributed by atoms with E-state index in [1.54, 1.807) is 6.92 Å². The first-order valence-corrected chi connectivity index (χ1v) is 12.2. The van der Waals surface area contributed by atoms with Crippen molar-refractivity contribution in [2.45, 2.75) is 56.3 Å². The number of piperidine rings is 1. The second kappa shape index (κ2) is 9.09. The van der Waals surface area contributed by atoms with Gasteiger partial charge in [0.1, 0.15) is 0 Å². The zero-order valence-electron chi connectivity index (χ0n) is 18.5. The van der Waals surface area contributed by atoms with E-state index in [2.05, 4.69) is 27.3 Å². The van der Waals surface area contributed by atoms with Crippen molar-refractivity contribution < 1.29 is 4.79 Å². The summed E-state index contributed by atoms with van der Waals surface area (Å²) >= 11 is 13.5. The Hall–Kier alpha value is -2.40. The van der Waals surface area contributed by atoms with E-state index in [1.165, 1.54) is 0 Å². The molecule has 5 rings (SSSR count). The number of nitrogens with one attached hydrogen (secondary N) is 1. The monoisotopic (exact) mass is 479 g/mol.